The lowest BCUT2D eigenvalue weighted by Gasteiger charge is -2.09. The van der Waals surface area contributed by atoms with Gasteiger partial charge in [-0.05, 0) is 54.3 Å². The van der Waals surface area contributed by atoms with Crippen molar-refractivity contribution >= 4 is 10.8 Å². The topological polar surface area (TPSA) is 39.4 Å². The predicted molar refractivity (Wildman–Crippen MR) is 134 cm³/mol. The van der Waals surface area contributed by atoms with E-state index in [1.165, 1.54) is 43.2 Å². The third kappa shape index (κ3) is 7.45. The van der Waals surface area contributed by atoms with Crippen LogP contribution in [0.25, 0.3) is 10.8 Å². The summed E-state index contributed by atoms with van der Waals surface area (Å²) in [5.41, 5.74) is 1.92. The van der Waals surface area contributed by atoms with Crippen LogP contribution in [0.1, 0.15) is 82.1 Å². The molecule has 0 saturated heterocycles. The Labute approximate surface area is 197 Å². The maximum Gasteiger partial charge on any atom is 0.346 e. The Bertz CT molecular complexity index is 1050. The Hall–Kier alpha value is -2.62. The molecule has 0 fully saturated rings. The summed E-state index contributed by atoms with van der Waals surface area (Å²) in [5, 5.41) is 0.527. The first-order valence-corrected chi connectivity index (χ1v) is 12.6. The molecule has 3 aromatic rings. The van der Waals surface area contributed by atoms with Crippen LogP contribution in [0.4, 0.5) is 4.39 Å². The number of hydrogen-bond acceptors (Lipinski definition) is 3. The lowest BCUT2D eigenvalue weighted by molar-refractivity contribution is 0.291. The molecular formula is C29H37FO3. The number of benzene rings is 2. The summed E-state index contributed by atoms with van der Waals surface area (Å²) in [5.74, 6) is 0.0700. The van der Waals surface area contributed by atoms with Gasteiger partial charge in [0.1, 0.15) is 11.1 Å². The number of unbranched alkanes of at least 4 members (excludes halogenated alkanes) is 6. The van der Waals surface area contributed by atoms with Gasteiger partial charge in [0.05, 0.1) is 6.61 Å². The maximum absolute atomic E-state index is 14.9. The molecule has 0 N–H and O–H groups in total. The van der Waals surface area contributed by atoms with Gasteiger partial charge < -0.3 is 9.15 Å². The molecule has 0 atom stereocenters. The number of hydrogen-bond donors (Lipinski definition) is 0. The third-order valence-corrected chi connectivity index (χ3v) is 6.14. The molecule has 4 heteroatoms. The molecule has 2 aromatic carbocycles. The Balaban J connectivity index is 1.60. The van der Waals surface area contributed by atoms with Crippen molar-refractivity contribution in [3.63, 3.8) is 0 Å². The van der Waals surface area contributed by atoms with Crippen LogP contribution in [0.5, 0.6) is 5.75 Å². The zero-order valence-electron chi connectivity index (χ0n) is 20.1. The predicted octanol–water partition coefficient (Wildman–Crippen LogP) is 7.80. The zero-order chi connectivity index (χ0) is 23.5. The quantitative estimate of drug-likeness (QED) is 0.234. The van der Waals surface area contributed by atoms with E-state index in [9.17, 15) is 9.18 Å². The SMILES string of the molecule is CCCCCCCOc1ccc2cc(CCc3ccc(CCCCC)cc3)oc(=O)c2c1F. The normalized spacial score (nSPS) is 11.2. The summed E-state index contributed by atoms with van der Waals surface area (Å²) in [6, 6.07) is 13.8. The first-order chi connectivity index (χ1) is 16.1. The Morgan fingerprint density at radius 1 is 0.788 bits per heavy atom. The van der Waals surface area contributed by atoms with E-state index in [0.717, 1.165) is 32.1 Å². The minimum absolute atomic E-state index is 0.0290. The monoisotopic (exact) mass is 452 g/mol. The average Bonchev–Trinajstić information content (AvgIpc) is 2.82. The van der Waals surface area contributed by atoms with Crippen molar-refractivity contribution in [3.05, 3.63) is 75.6 Å². The van der Waals surface area contributed by atoms with Crippen LogP contribution in [-0.4, -0.2) is 6.61 Å². The Kier molecular flexibility index (Phi) is 9.99. The highest BCUT2D eigenvalue weighted by Crippen LogP contribution is 2.25. The maximum atomic E-state index is 14.9. The molecule has 3 rings (SSSR count). The summed E-state index contributed by atoms with van der Waals surface area (Å²) in [4.78, 5) is 12.5. The molecule has 1 heterocycles. The lowest BCUT2D eigenvalue weighted by atomic mass is 10.0. The highest BCUT2D eigenvalue weighted by Gasteiger charge is 2.14. The molecule has 0 aliphatic carbocycles. The van der Waals surface area contributed by atoms with Gasteiger partial charge in [0.2, 0.25) is 0 Å². The summed E-state index contributed by atoms with van der Waals surface area (Å²) in [6.45, 7) is 4.84. The third-order valence-electron chi connectivity index (χ3n) is 6.14. The molecule has 0 bridgehead atoms. The van der Waals surface area contributed by atoms with Crippen molar-refractivity contribution in [1.29, 1.82) is 0 Å². The lowest BCUT2D eigenvalue weighted by Crippen LogP contribution is -2.07. The second kappa shape index (κ2) is 13.2. The van der Waals surface area contributed by atoms with Gasteiger partial charge in [0.25, 0.3) is 0 Å². The smallest absolute Gasteiger partial charge is 0.346 e. The summed E-state index contributed by atoms with van der Waals surface area (Å²) in [6.07, 6.45) is 11.7. The van der Waals surface area contributed by atoms with Crippen molar-refractivity contribution < 1.29 is 13.5 Å². The molecule has 0 unspecified atom stereocenters. The van der Waals surface area contributed by atoms with E-state index >= 15 is 0 Å². The number of fused-ring (bicyclic) bond motifs is 1. The summed E-state index contributed by atoms with van der Waals surface area (Å²) in [7, 11) is 0. The summed E-state index contributed by atoms with van der Waals surface area (Å²) < 4.78 is 26.0. The molecule has 0 saturated carbocycles. The van der Waals surface area contributed by atoms with E-state index in [0.29, 0.717) is 24.2 Å². The van der Waals surface area contributed by atoms with Gasteiger partial charge >= 0.3 is 5.63 Å². The van der Waals surface area contributed by atoms with E-state index in [4.69, 9.17) is 9.15 Å². The van der Waals surface area contributed by atoms with E-state index < -0.39 is 11.4 Å². The van der Waals surface area contributed by atoms with Gasteiger partial charge in [-0.3, -0.25) is 0 Å². The van der Waals surface area contributed by atoms with Crippen LogP contribution in [0.3, 0.4) is 0 Å². The van der Waals surface area contributed by atoms with Crippen LogP contribution in [0.2, 0.25) is 0 Å². The van der Waals surface area contributed by atoms with Gasteiger partial charge in [0.15, 0.2) is 11.6 Å². The van der Waals surface area contributed by atoms with Crippen molar-refractivity contribution in [3.8, 4) is 5.75 Å². The number of ether oxygens (including phenoxy) is 1. The van der Waals surface area contributed by atoms with E-state index in [-0.39, 0.29) is 11.1 Å². The molecule has 33 heavy (non-hydrogen) atoms. The molecule has 0 spiro atoms. The number of rotatable bonds is 14. The second-order valence-corrected chi connectivity index (χ2v) is 8.88. The van der Waals surface area contributed by atoms with Gasteiger partial charge in [-0.2, -0.15) is 0 Å². The van der Waals surface area contributed by atoms with E-state index in [1.807, 2.05) is 0 Å². The van der Waals surface area contributed by atoms with Gasteiger partial charge in [-0.15, -0.1) is 0 Å². The minimum Gasteiger partial charge on any atom is -0.490 e. The number of aryl methyl sites for hydroxylation is 3. The molecule has 0 amide bonds. The minimum atomic E-state index is -0.639. The van der Waals surface area contributed by atoms with Gasteiger partial charge in [-0.1, -0.05) is 82.7 Å². The molecular weight excluding hydrogens is 415 g/mol. The molecule has 0 aliphatic heterocycles. The van der Waals surface area contributed by atoms with Crippen molar-refractivity contribution in [2.75, 3.05) is 6.61 Å². The number of halogens is 1. The molecule has 0 radical (unpaired) electrons. The van der Waals surface area contributed by atoms with Gasteiger partial charge in [0, 0.05) is 6.42 Å². The fraction of sp³-hybridized carbons (Fsp3) is 0.483. The van der Waals surface area contributed by atoms with E-state index in [2.05, 4.69) is 38.1 Å². The molecule has 178 valence electrons. The molecule has 0 aliphatic rings. The largest absolute Gasteiger partial charge is 0.490 e. The molecule has 3 nitrogen and oxygen atoms in total. The van der Waals surface area contributed by atoms with Crippen LogP contribution in [0.15, 0.2) is 51.7 Å². The first-order valence-electron chi connectivity index (χ1n) is 12.6. The zero-order valence-corrected chi connectivity index (χ0v) is 20.1. The first kappa shape index (κ1) is 25.0. The fourth-order valence-corrected chi connectivity index (χ4v) is 4.11. The van der Waals surface area contributed by atoms with Crippen molar-refractivity contribution in [2.24, 2.45) is 0 Å². The van der Waals surface area contributed by atoms with Crippen molar-refractivity contribution in [2.45, 2.75) is 84.5 Å². The van der Waals surface area contributed by atoms with Crippen molar-refractivity contribution in [1.82, 2.24) is 0 Å². The van der Waals surface area contributed by atoms with E-state index in [1.54, 1.807) is 18.2 Å². The highest BCUT2D eigenvalue weighted by atomic mass is 19.1. The fourth-order valence-electron chi connectivity index (χ4n) is 4.11. The standard InChI is InChI=1S/C29H37FO3/c1-3-5-7-8-10-20-32-26-19-17-24-21-25(33-29(31)27(24)28(26)30)18-16-23-14-12-22(13-15-23)11-9-6-4-2/h12-15,17,19,21H,3-11,16,18,20H2,1-2H3. The van der Waals surface area contributed by atoms with Crippen LogP contribution in [0, 0.1) is 5.82 Å². The second-order valence-electron chi connectivity index (χ2n) is 8.88. The summed E-state index contributed by atoms with van der Waals surface area (Å²) >= 11 is 0. The highest BCUT2D eigenvalue weighted by molar-refractivity contribution is 5.83. The van der Waals surface area contributed by atoms with Gasteiger partial charge in [-0.25, -0.2) is 9.18 Å². The van der Waals surface area contributed by atoms with Crippen LogP contribution < -0.4 is 10.4 Å². The molecule has 1 aromatic heterocycles. The Morgan fingerprint density at radius 2 is 1.45 bits per heavy atom. The van der Waals surface area contributed by atoms with Crippen LogP contribution in [-0.2, 0) is 19.3 Å². The average molecular weight is 453 g/mol. The Morgan fingerprint density at radius 3 is 2.18 bits per heavy atom. The van der Waals surface area contributed by atoms with Crippen LogP contribution >= 0.6 is 0 Å².